The van der Waals surface area contributed by atoms with Crippen LogP contribution in [0.5, 0.6) is 11.5 Å². The largest absolute Gasteiger partial charge is 0.493 e. The average Bonchev–Trinajstić information content (AvgIpc) is 2.67. The molecule has 1 aromatic heterocycles. The van der Waals surface area contributed by atoms with E-state index in [-0.39, 0.29) is 6.61 Å². The number of pyridine rings is 1. The van der Waals surface area contributed by atoms with E-state index in [1.807, 2.05) is 30.3 Å². The van der Waals surface area contributed by atoms with Crippen LogP contribution < -0.4 is 14.8 Å². The average molecular weight is 373 g/mol. The molecule has 0 saturated carbocycles. The van der Waals surface area contributed by atoms with E-state index in [1.165, 1.54) is 6.07 Å². The number of nitrogens with zero attached hydrogens (tertiary/aromatic N) is 1. The number of hydrogen-bond acceptors (Lipinski definition) is 4. The molecule has 0 aliphatic heterocycles. The molecule has 0 radical (unpaired) electrons. The number of methoxy groups -OCH3 is 1. The van der Waals surface area contributed by atoms with Gasteiger partial charge in [-0.2, -0.15) is 0 Å². The van der Waals surface area contributed by atoms with Gasteiger partial charge in [0.25, 0.3) is 0 Å². The van der Waals surface area contributed by atoms with Crippen molar-refractivity contribution >= 4 is 17.4 Å². The molecule has 0 spiro atoms. The van der Waals surface area contributed by atoms with E-state index in [0.717, 1.165) is 11.4 Å². The molecule has 26 heavy (non-hydrogen) atoms. The molecule has 2 aromatic carbocycles. The molecule has 1 N–H and O–H groups in total. The third-order valence-electron chi connectivity index (χ3n) is 3.83. The van der Waals surface area contributed by atoms with Crippen molar-refractivity contribution in [1.29, 1.82) is 0 Å². The van der Waals surface area contributed by atoms with Gasteiger partial charge in [0.15, 0.2) is 11.5 Å². The van der Waals surface area contributed by atoms with Gasteiger partial charge in [-0.25, -0.2) is 9.37 Å². The Hall–Kier alpha value is -2.79. The molecule has 1 heterocycles. The molecule has 4 nitrogen and oxygen atoms in total. The van der Waals surface area contributed by atoms with E-state index in [2.05, 4.69) is 10.3 Å². The standard InChI is InChI=1S/C20H18ClFN2O2/c1-25-18-9-4-6-14(12-24-19-10-2-3-11-23-19)20(18)26-13-15-16(21)7-5-8-17(15)22/h2-11H,12-13H2,1H3,(H,23,24). The fourth-order valence-corrected chi connectivity index (χ4v) is 2.71. The first-order valence-corrected chi connectivity index (χ1v) is 8.43. The molecular formula is C20H18ClFN2O2. The van der Waals surface area contributed by atoms with Gasteiger partial charge in [-0.1, -0.05) is 35.9 Å². The second kappa shape index (κ2) is 8.54. The normalized spacial score (nSPS) is 10.4. The Kier molecular flexibility index (Phi) is 5.92. The van der Waals surface area contributed by atoms with Crippen molar-refractivity contribution in [1.82, 2.24) is 4.98 Å². The Morgan fingerprint density at radius 1 is 1.08 bits per heavy atom. The van der Waals surface area contributed by atoms with Crippen LogP contribution in [0.15, 0.2) is 60.8 Å². The summed E-state index contributed by atoms with van der Waals surface area (Å²) in [6.45, 7) is 0.483. The van der Waals surface area contributed by atoms with E-state index in [4.69, 9.17) is 21.1 Å². The highest BCUT2D eigenvalue weighted by molar-refractivity contribution is 6.31. The Balaban J connectivity index is 1.80. The zero-order chi connectivity index (χ0) is 18.4. The lowest BCUT2D eigenvalue weighted by Gasteiger charge is -2.16. The second-order valence-corrected chi connectivity index (χ2v) is 5.91. The highest BCUT2D eigenvalue weighted by Gasteiger charge is 2.14. The van der Waals surface area contributed by atoms with Crippen LogP contribution >= 0.6 is 11.6 Å². The molecule has 0 aliphatic carbocycles. The lowest BCUT2D eigenvalue weighted by Crippen LogP contribution is -2.07. The highest BCUT2D eigenvalue weighted by atomic mass is 35.5. The first-order chi connectivity index (χ1) is 12.7. The summed E-state index contributed by atoms with van der Waals surface area (Å²) in [5, 5.41) is 3.55. The minimum absolute atomic E-state index is 0.00245. The van der Waals surface area contributed by atoms with Gasteiger partial charge in [0, 0.05) is 23.9 Å². The zero-order valence-corrected chi connectivity index (χ0v) is 15.0. The molecule has 6 heteroatoms. The van der Waals surface area contributed by atoms with E-state index in [9.17, 15) is 4.39 Å². The number of ether oxygens (including phenoxy) is 2. The fourth-order valence-electron chi connectivity index (χ4n) is 2.49. The van der Waals surface area contributed by atoms with Crippen LogP contribution in [-0.2, 0) is 13.2 Å². The number of halogens is 2. The SMILES string of the molecule is COc1cccc(CNc2ccccn2)c1OCc1c(F)cccc1Cl. The third-order valence-corrected chi connectivity index (χ3v) is 4.18. The van der Waals surface area contributed by atoms with Gasteiger partial charge in [0.2, 0.25) is 0 Å². The van der Waals surface area contributed by atoms with E-state index >= 15 is 0 Å². The van der Waals surface area contributed by atoms with E-state index < -0.39 is 5.82 Å². The van der Waals surface area contributed by atoms with Gasteiger partial charge in [-0.05, 0) is 30.3 Å². The molecule has 0 amide bonds. The number of benzene rings is 2. The topological polar surface area (TPSA) is 43.4 Å². The zero-order valence-electron chi connectivity index (χ0n) is 14.2. The number of hydrogen-bond donors (Lipinski definition) is 1. The first kappa shape index (κ1) is 18.0. The van der Waals surface area contributed by atoms with Gasteiger partial charge in [0.1, 0.15) is 18.2 Å². The van der Waals surface area contributed by atoms with Gasteiger partial charge in [-0.15, -0.1) is 0 Å². The third kappa shape index (κ3) is 4.24. The molecule has 0 aliphatic rings. The van der Waals surface area contributed by atoms with Gasteiger partial charge in [-0.3, -0.25) is 0 Å². The predicted molar refractivity (Wildman–Crippen MR) is 100 cm³/mol. The van der Waals surface area contributed by atoms with Gasteiger partial charge in [0.05, 0.1) is 12.1 Å². The second-order valence-electron chi connectivity index (χ2n) is 5.51. The fraction of sp³-hybridized carbons (Fsp3) is 0.150. The van der Waals surface area contributed by atoms with Crippen molar-refractivity contribution in [3.8, 4) is 11.5 Å². The number of anilines is 1. The first-order valence-electron chi connectivity index (χ1n) is 8.05. The van der Waals surface area contributed by atoms with Crippen molar-refractivity contribution in [3.05, 3.63) is 82.8 Å². The summed E-state index contributed by atoms with van der Waals surface area (Å²) >= 11 is 6.08. The van der Waals surface area contributed by atoms with Crippen LogP contribution in [0.4, 0.5) is 10.2 Å². The van der Waals surface area contributed by atoms with Crippen LogP contribution in [0.1, 0.15) is 11.1 Å². The van der Waals surface area contributed by atoms with Crippen LogP contribution in [0.3, 0.4) is 0 Å². The number of para-hydroxylation sites is 1. The molecule has 0 bridgehead atoms. The maximum atomic E-state index is 14.0. The molecule has 134 valence electrons. The molecule has 0 atom stereocenters. The Labute approximate surface area is 156 Å². The van der Waals surface area contributed by atoms with Crippen molar-refractivity contribution < 1.29 is 13.9 Å². The molecule has 3 rings (SSSR count). The summed E-state index contributed by atoms with van der Waals surface area (Å²) in [4.78, 5) is 4.23. The number of nitrogens with one attached hydrogen (secondary N) is 1. The van der Waals surface area contributed by atoms with E-state index in [1.54, 1.807) is 31.5 Å². The summed E-state index contributed by atoms with van der Waals surface area (Å²) in [6.07, 6.45) is 1.71. The van der Waals surface area contributed by atoms with E-state index in [0.29, 0.717) is 28.6 Å². The monoisotopic (exact) mass is 372 g/mol. The predicted octanol–water partition coefficient (Wildman–Crippen LogP) is 5.07. The van der Waals surface area contributed by atoms with Crippen LogP contribution in [0.2, 0.25) is 5.02 Å². The molecule has 0 saturated heterocycles. The number of aromatic nitrogens is 1. The Bertz CT molecular complexity index is 855. The van der Waals surface area contributed by atoms with Crippen molar-refractivity contribution in [2.75, 3.05) is 12.4 Å². The van der Waals surface area contributed by atoms with Crippen LogP contribution in [0.25, 0.3) is 0 Å². The van der Waals surface area contributed by atoms with Gasteiger partial charge >= 0.3 is 0 Å². The maximum absolute atomic E-state index is 14.0. The minimum atomic E-state index is -0.402. The van der Waals surface area contributed by atoms with Crippen molar-refractivity contribution in [3.63, 3.8) is 0 Å². The van der Waals surface area contributed by atoms with Gasteiger partial charge < -0.3 is 14.8 Å². The lowest BCUT2D eigenvalue weighted by molar-refractivity contribution is 0.277. The highest BCUT2D eigenvalue weighted by Crippen LogP contribution is 2.33. The summed E-state index contributed by atoms with van der Waals surface area (Å²) in [5.41, 5.74) is 1.17. The molecule has 0 unspecified atom stereocenters. The Morgan fingerprint density at radius 3 is 2.65 bits per heavy atom. The van der Waals surface area contributed by atoms with Crippen molar-refractivity contribution in [2.24, 2.45) is 0 Å². The molecule has 3 aromatic rings. The maximum Gasteiger partial charge on any atom is 0.166 e. The Morgan fingerprint density at radius 2 is 1.92 bits per heavy atom. The smallest absolute Gasteiger partial charge is 0.166 e. The molecule has 0 fully saturated rings. The van der Waals surface area contributed by atoms with Crippen LogP contribution in [0, 0.1) is 5.82 Å². The summed E-state index contributed by atoms with van der Waals surface area (Å²) in [6, 6.07) is 15.8. The number of rotatable bonds is 7. The van der Waals surface area contributed by atoms with Crippen LogP contribution in [-0.4, -0.2) is 12.1 Å². The summed E-state index contributed by atoms with van der Waals surface area (Å²) in [7, 11) is 1.56. The quantitative estimate of drug-likeness (QED) is 0.628. The lowest BCUT2D eigenvalue weighted by atomic mass is 10.1. The van der Waals surface area contributed by atoms with Crippen molar-refractivity contribution in [2.45, 2.75) is 13.2 Å². The summed E-state index contributed by atoms with van der Waals surface area (Å²) in [5.74, 6) is 1.45. The minimum Gasteiger partial charge on any atom is -0.493 e. The molecular weight excluding hydrogens is 355 g/mol. The summed E-state index contributed by atoms with van der Waals surface area (Å²) < 4.78 is 25.3.